The Kier molecular flexibility index (Phi) is 6.21. The van der Waals surface area contributed by atoms with Crippen LogP contribution in [0.15, 0.2) is 12.2 Å². The van der Waals surface area contributed by atoms with Crippen LogP contribution in [-0.2, 0) is 14.4 Å². The minimum atomic E-state index is -0.300. The first-order chi connectivity index (χ1) is 9.01. The molecule has 1 saturated heterocycles. The molecule has 1 aliphatic rings. The van der Waals surface area contributed by atoms with E-state index in [4.69, 9.17) is 0 Å². The van der Waals surface area contributed by atoms with Crippen molar-refractivity contribution in [2.75, 3.05) is 19.6 Å². The molecule has 0 aliphatic carbocycles. The van der Waals surface area contributed by atoms with Crippen LogP contribution in [0.3, 0.4) is 0 Å². The van der Waals surface area contributed by atoms with E-state index in [2.05, 4.69) is 17.6 Å². The predicted octanol–water partition coefficient (Wildman–Crippen LogP) is -0.194. The van der Waals surface area contributed by atoms with Crippen LogP contribution in [0, 0.1) is 0 Å². The predicted molar refractivity (Wildman–Crippen MR) is 71.2 cm³/mol. The number of hydrogen-bond acceptors (Lipinski definition) is 4. The van der Waals surface area contributed by atoms with Gasteiger partial charge in [-0.25, -0.2) is 0 Å². The highest BCUT2D eigenvalue weighted by atomic mass is 16.2. The lowest BCUT2D eigenvalue weighted by molar-refractivity contribution is -0.135. The molecule has 0 spiro atoms. The van der Waals surface area contributed by atoms with Crippen molar-refractivity contribution in [1.29, 1.82) is 0 Å². The van der Waals surface area contributed by atoms with Crippen molar-refractivity contribution >= 4 is 17.7 Å². The highest BCUT2D eigenvalue weighted by Gasteiger charge is 2.20. The van der Waals surface area contributed by atoms with Gasteiger partial charge in [0, 0.05) is 18.7 Å². The molecular weight excluding hydrogens is 246 g/mol. The minimum Gasteiger partial charge on any atom is -0.350 e. The molecule has 1 unspecified atom stereocenters. The van der Waals surface area contributed by atoms with E-state index in [1.807, 2.05) is 6.92 Å². The number of nitrogens with zero attached hydrogens (tertiary/aromatic N) is 1. The number of carbonyl (C=O) groups is 3. The van der Waals surface area contributed by atoms with Gasteiger partial charge in [-0.15, -0.1) is 0 Å². The lowest BCUT2D eigenvalue weighted by Gasteiger charge is -2.23. The molecular formula is C13H21N3O3. The molecule has 0 aromatic rings. The van der Waals surface area contributed by atoms with Gasteiger partial charge in [0.05, 0.1) is 13.1 Å². The van der Waals surface area contributed by atoms with Crippen LogP contribution in [0.25, 0.3) is 0 Å². The average Bonchev–Trinajstić information content (AvgIpc) is 2.27. The van der Waals surface area contributed by atoms with Crippen LogP contribution in [0.5, 0.6) is 0 Å². The van der Waals surface area contributed by atoms with Crippen molar-refractivity contribution in [3.63, 3.8) is 0 Å². The standard InChI is InChI=1S/C13H21N3O3/c1-3-5-10(2)14-11(17)6-4-7-16-8-12(18)15-13(19)9-16/h4,6,10H,3,5,7-9H2,1-2H3,(H,14,17)(H,15,18,19)/b6-4+. The van der Waals surface area contributed by atoms with Gasteiger partial charge in [-0.1, -0.05) is 19.4 Å². The normalized spacial score (nSPS) is 18.4. The molecule has 3 amide bonds. The summed E-state index contributed by atoms with van der Waals surface area (Å²) in [6, 6.07) is 0.157. The molecule has 1 aliphatic heterocycles. The summed E-state index contributed by atoms with van der Waals surface area (Å²) in [4.78, 5) is 35.5. The molecule has 2 N–H and O–H groups in total. The maximum Gasteiger partial charge on any atom is 0.243 e. The minimum absolute atomic E-state index is 0.145. The molecule has 1 fully saturated rings. The van der Waals surface area contributed by atoms with Gasteiger partial charge in [-0.05, 0) is 13.3 Å². The summed E-state index contributed by atoms with van der Waals surface area (Å²) in [6.45, 7) is 4.81. The molecule has 6 heteroatoms. The van der Waals surface area contributed by atoms with E-state index >= 15 is 0 Å². The van der Waals surface area contributed by atoms with E-state index in [9.17, 15) is 14.4 Å². The van der Waals surface area contributed by atoms with Crippen LogP contribution in [0.2, 0.25) is 0 Å². The number of hydrogen-bond donors (Lipinski definition) is 2. The highest BCUT2D eigenvalue weighted by molar-refractivity contribution is 5.99. The summed E-state index contributed by atoms with van der Waals surface area (Å²) < 4.78 is 0. The molecule has 0 radical (unpaired) electrons. The Morgan fingerprint density at radius 3 is 2.63 bits per heavy atom. The fourth-order valence-electron chi connectivity index (χ4n) is 1.93. The summed E-state index contributed by atoms with van der Waals surface area (Å²) in [5.41, 5.74) is 0. The first kappa shape index (κ1) is 15.4. The first-order valence-corrected chi connectivity index (χ1v) is 6.53. The fourth-order valence-corrected chi connectivity index (χ4v) is 1.93. The summed E-state index contributed by atoms with van der Waals surface area (Å²) >= 11 is 0. The Bertz CT molecular complexity index is 363. The Morgan fingerprint density at radius 1 is 1.42 bits per heavy atom. The molecule has 19 heavy (non-hydrogen) atoms. The largest absolute Gasteiger partial charge is 0.350 e. The number of amides is 3. The Morgan fingerprint density at radius 2 is 2.05 bits per heavy atom. The van der Waals surface area contributed by atoms with Gasteiger partial charge in [-0.2, -0.15) is 0 Å². The van der Waals surface area contributed by atoms with Crippen molar-refractivity contribution in [2.24, 2.45) is 0 Å². The lowest BCUT2D eigenvalue weighted by atomic mass is 10.2. The second-order valence-corrected chi connectivity index (χ2v) is 4.74. The third-order valence-electron chi connectivity index (χ3n) is 2.76. The van der Waals surface area contributed by atoms with Gasteiger partial charge in [0.1, 0.15) is 0 Å². The van der Waals surface area contributed by atoms with E-state index in [0.717, 1.165) is 12.8 Å². The summed E-state index contributed by atoms with van der Waals surface area (Å²) in [5.74, 6) is -0.745. The Hall–Kier alpha value is -1.69. The van der Waals surface area contributed by atoms with Crippen LogP contribution >= 0.6 is 0 Å². The second-order valence-electron chi connectivity index (χ2n) is 4.74. The van der Waals surface area contributed by atoms with Gasteiger partial charge in [0.2, 0.25) is 17.7 Å². The molecule has 1 heterocycles. The number of carbonyl (C=O) groups excluding carboxylic acids is 3. The monoisotopic (exact) mass is 267 g/mol. The summed E-state index contributed by atoms with van der Waals surface area (Å²) in [7, 11) is 0. The van der Waals surface area contributed by atoms with E-state index < -0.39 is 0 Å². The SMILES string of the molecule is CCCC(C)NC(=O)/C=C/CN1CC(=O)NC(=O)C1. The van der Waals surface area contributed by atoms with Crippen LogP contribution in [-0.4, -0.2) is 48.3 Å². The number of imide groups is 1. The van der Waals surface area contributed by atoms with Crippen LogP contribution in [0.4, 0.5) is 0 Å². The van der Waals surface area contributed by atoms with Crippen molar-refractivity contribution in [2.45, 2.75) is 32.7 Å². The quantitative estimate of drug-likeness (QED) is 0.516. The van der Waals surface area contributed by atoms with Crippen LogP contribution in [0.1, 0.15) is 26.7 Å². The fraction of sp³-hybridized carbons (Fsp3) is 0.615. The summed E-state index contributed by atoms with van der Waals surface area (Å²) in [5, 5.41) is 5.07. The topological polar surface area (TPSA) is 78.5 Å². The number of piperazine rings is 1. The third kappa shape index (κ3) is 6.15. The smallest absolute Gasteiger partial charge is 0.243 e. The maximum atomic E-state index is 11.5. The molecule has 6 nitrogen and oxygen atoms in total. The van der Waals surface area contributed by atoms with Gasteiger partial charge in [0.25, 0.3) is 0 Å². The zero-order valence-corrected chi connectivity index (χ0v) is 11.4. The Labute approximate surface area is 113 Å². The third-order valence-corrected chi connectivity index (χ3v) is 2.76. The second kappa shape index (κ2) is 7.68. The van der Waals surface area contributed by atoms with Gasteiger partial charge in [0.15, 0.2) is 0 Å². The first-order valence-electron chi connectivity index (χ1n) is 6.53. The maximum absolute atomic E-state index is 11.5. The zero-order valence-electron chi connectivity index (χ0n) is 11.4. The molecule has 1 atom stereocenters. The van der Waals surface area contributed by atoms with Gasteiger partial charge >= 0.3 is 0 Å². The van der Waals surface area contributed by atoms with E-state index in [1.54, 1.807) is 11.0 Å². The molecule has 0 aromatic heterocycles. The van der Waals surface area contributed by atoms with E-state index in [0.29, 0.717) is 6.54 Å². The van der Waals surface area contributed by atoms with E-state index in [-0.39, 0.29) is 36.9 Å². The highest BCUT2D eigenvalue weighted by Crippen LogP contribution is 1.96. The molecule has 0 aromatic carbocycles. The number of rotatable bonds is 6. The molecule has 0 saturated carbocycles. The van der Waals surface area contributed by atoms with Crippen molar-refractivity contribution in [3.8, 4) is 0 Å². The van der Waals surface area contributed by atoms with Gasteiger partial charge < -0.3 is 5.32 Å². The number of nitrogens with one attached hydrogen (secondary N) is 2. The van der Waals surface area contributed by atoms with Crippen LogP contribution < -0.4 is 10.6 Å². The Balaban J connectivity index is 2.31. The molecule has 0 bridgehead atoms. The van der Waals surface area contributed by atoms with Crippen molar-refractivity contribution in [1.82, 2.24) is 15.5 Å². The van der Waals surface area contributed by atoms with Gasteiger partial charge in [-0.3, -0.25) is 24.6 Å². The molecule has 1 rings (SSSR count). The zero-order chi connectivity index (χ0) is 14.3. The van der Waals surface area contributed by atoms with Crippen molar-refractivity contribution in [3.05, 3.63) is 12.2 Å². The molecule has 106 valence electrons. The van der Waals surface area contributed by atoms with E-state index in [1.165, 1.54) is 6.08 Å². The summed E-state index contributed by atoms with van der Waals surface area (Å²) in [6.07, 6.45) is 5.08. The van der Waals surface area contributed by atoms with Crippen molar-refractivity contribution < 1.29 is 14.4 Å². The average molecular weight is 267 g/mol. The lowest BCUT2D eigenvalue weighted by Crippen LogP contribution is -2.51.